The zero-order chi connectivity index (χ0) is 22.7. The van der Waals surface area contributed by atoms with Crippen molar-refractivity contribution in [1.29, 1.82) is 0 Å². The van der Waals surface area contributed by atoms with Crippen molar-refractivity contribution in [3.05, 3.63) is 58.1 Å². The monoisotopic (exact) mass is 462 g/mol. The van der Waals surface area contributed by atoms with E-state index in [1.807, 2.05) is 19.9 Å². The number of anilines is 2. The fourth-order valence-corrected chi connectivity index (χ4v) is 3.88. The van der Waals surface area contributed by atoms with Crippen LogP contribution in [0.15, 0.2) is 36.4 Å². The van der Waals surface area contributed by atoms with Crippen LogP contribution in [0.25, 0.3) is 0 Å². The molecule has 2 aromatic carbocycles. The lowest BCUT2D eigenvalue weighted by Crippen LogP contribution is -2.31. The zero-order valence-electron chi connectivity index (χ0n) is 16.7. The number of alkyl halides is 3. The molecule has 0 aromatic heterocycles. The number of rotatable bonds is 7. The van der Waals surface area contributed by atoms with Gasteiger partial charge in [-0.2, -0.15) is 13.2 Å². The Bertz CT molecular complexity index is 1040. The maximum atomic E-state index is 12.8. The van der Waals surface area contributed by atoms with Crippen LogP contribution in [0.2, 0.25) is 5.02 Å². The molecule has 0 saturated heterocycles. The average Bonchev–Trinajstić information content (AvgIpc) is 2.61. The summed E-state index contributed by atoms with van der Waals surface area (Å²) >= 11 is 5.87. The molecule has 2 aromatic rings. The van der Waals surface area contributed by atoms with Crippen LogP contribution in [0.3, 0.4) is 0 Å². The summed E-state index contributed by atoms with van der Waals surface area (Å²) in [6, 6.07) is 7.89. The number of amides is 1. The lowest BCUT2D eigenvalue weighted by Gasteiger charge is -2.23. The average molecular weight is 463 g/mol. The van der Waals surface area contributed by atoms with E-state index in [1.165, 1.54) is 4.31 Å². The Balaban J connectivity index is 2.05. The van der Waals surface area contributed by atoms with E-state index < -0.39 is 27.7 Å². The fourth-order valence-electron chi connectivity index (χ4n) is 2.76. The molecule has 0 spiro atoms. The van der Waals surface area contributed by atoms with E-state index >= 15 is 0 Å². The molecule has 164 valence electrons. The second-order valence-corrected chi connectivity index (χ2v) is 9.26. The standard InChI is InChI=1S/C20H22ClF3N2O3S/c1-13-6-8-16(11-14(13)2)26(30(3,28)29)10-4-5-19(27)25-18-12-15(20(22,23)24)7-9-17(18)21/h6-9,11-12H,4-5,10H2,1-3H3,(H,25,27). The van der Waals surface area contributed by atoms with E-state index in [9.17, 15) is 26.4 Å². The minimum Gasteiger partial charge on any atom is -0.325 e. The smallest absolute Gasteiger partial charge is 0.325 e. The van der Waals surface area contributed by atoms with Gasteiger partial charge in [-0.15, -0.1) is 0 Å². The van der Waals surface area contributed by atoms with Crippen LogP contribution in [0.1, 0.15) is 29.5 Å². The van der Waals surface area contributed by atoms with E-state index in [0.717, 1.165) is 35.6 Å². The Morgan fingerprint density at radius 2 is 1.77 bits per heavy atom. The molecule has 0 atom stereocenters. The molecule has 0 aliphatic rings. The van der Waals surface area contributed by atoms with Crippen LogP contribution in [0, 0.1) is 13.8 Å². The van der Waals surface area contributed by atoms with Gasteiger partial charge in [0.25, 0.3) is 0 Å². The van der Waals surface area contributed by atoms with Gasteiger partial charge in [-0.3, -0.25) is 9.10 Å². The minimum atomic E-state index is -4.56. The predicted octanol–water partition coefficient (Wildman–Crippen LogP) is 5.16. The molecule has 30 heavy (non-hydrogen) atoms. The summed E-state index contributed by atoms with van der Waals surface area (Å²) in [5, 5.41) is 2.33. The third-order valence-electron chi connectivity index (χ3n) is 4.51. The Kier molecular flexibility index (Phi) is 7.41. The van der Waals surface area contributed by atoms with Gasteiger partial charge < -0.3 is 5.32 Å². The minimum absolute atomic E-state index is 0.0238. The molecule has 0 heterocycles. The van der Waals surface area contributed by atoms with Gasteiger partial charge in [-0.05, 0) is 61.7 Å². The van der Waals surface area contributed by atoms with Gasteiger partial charge in [0.05, 0.1) is 28.2 Å². The summed E-state index contributed by atoms with van der Waals surface area (Å²) in [6.07, 6.45) is -3.41. The molecule has 0 saturated carbocycles. The Hall–Kier alpha value is -2.26. The number of nitrogens with one attached hydrogen (secondary N) is 1. The first kappa shape index (κ1) is 24.0. The van der Waals surface area contributed by atoms with E-state index in [2.05, 4.69) is 5.32 Å². The SMILES string of the molecule is Cc1ccc(N(CCCC(=O)Nc2cc(C(F)(F)F)ccc2Cl)S(C)(=O)=O)cc1C. The number of hydrogen-bond acceptors (Lipinski definition) is 3. The summed E-state index contributed by atoms with van der Waals surface area (Å²) < 4.78 is 64.1. The summed E-state index contributed by atoms with van der Waals surface area (Å²) in [6.45, 7) is 3.82. The summed E-state index contributed by atoms with van der Waals surface area (Å²) in [5.74, 6) is -0.565. The van der Waals surface area contributed by atoms with Gasteiger partial charge in [-0.1, -0.05) is 17.7 Å². The number of hydrogen-bond donors (Lipinski definition) is 1. The quantitative estimate of drug-likeness (QED) is 0.618. The molecular weight excluding hydrogens is 441 g/mol. The topological polar surface area (TPSA) is 66.5 Å². The maximum Gasteiger partial charge on any atom is 0.416 e. The van der Waals surface area contributed by atoms with Gasteiger partial charge in [0, 0.05) is 13.0 Å². The van der Waals surface area contributed by atoms with Gasteiger partial charge >= 0.3 is 6.18 Å². The van der Waals surface area contributed by atoms with Crippen LogP contribution in [-0.2, 0) is 21.0 Å². The number of halogens is 4. The normalized spacial score (nSPS) is 12.0. The van der Waals surface area contributed by atoms with Crippen molar-refractivity contribution in [2.45, 2.75) is 32.9 Å². The van der Waals surface area contributed by atoms with Crippen molar-refractivity contribution in [1.82, 2.24) is 0 Å². The Labute approximate surface area is 178 Å². The second kappa shape index (κ2) is 9.26. The van der Waals surface area contributed by atoms with Crippen LogP contribution >= 0.6 is 11.6 Å². The Morgan fingerprint density at radius 1 is 1.10 bits per heavy atom. The van der Waals surface area contributed by atoms with Crippen molar-refractivity contribution in [3.8, 4) is 0 Å². The summed E-state index contributed by atoms with van der Waals surface area (Å²) in [4.78, 5) is 12.2. The second-order valence-electron chi connectivity index (χ2n) is 6.95. The molecule has 10 heteroatoms. The highest BCUT2D eigenvalue weighted by Gasteiger charge is 2.31. The molecule has 0 aliphatic carbocycles. The van der Waals surface area contributed by atoms with Gasteiger partial charge in [0.15, 0.2) is 0 Å². The number of nitrogens with zero attached hydrogens (tertiary/aromatic N) is 1. The fraction of sp³-hybridized carbons (Fsp3) is 0.350. The van der Waals surface area contributed by atoms with Crippen molar-refractivity contribution in [2.75, 3.05) is 22.4 Å². The van der Waals surface area contributed by atoms with E-state index in [4.69, 9.17) is 11.6 Å². The van der Waals surface area contributed by atoms with Crippen LogP contribution in [-0.4, -0.2) is 27.1 Å². The third-order valence-corrected chi connectivity index (χ3v) is 6.04. The molecule has 5 nitrogen and oxygen atoms in total. The van der Waals surface area contributed by atoms with E-state index in [-0.39, 0.29) is 30.1 Å². The highest BCUT2D eigenvalue weighted by Crippen LogP contribution is 2.34. The first-order valence-corrected chi connectivity index (χ1v) is 11.2. The predicted molar refractivity (Wildman–Crippen MR) is 112 cm³/mol. The van der Waals surface area contributed by atoms with Crippen LogP contribution in [0.5, 0.6) is 0 Å². The first-order valence-electron chi connectivity index (χ1n) is 9.00. The zero-order valence-corrected chi connectivity index (χ0v) is 18.2. The number of benzene rings is 2. The van der Waals surface area contributed by atoms with Gasteiger partial charge in [0.1, 0.15) is 0 Å². The number of sulfonamides is 1. The van der Waals surface area contributed by atoms with E-state index in [0.29, 0.717) is 5.69 Å². The number of aryl methyl sites for hydroxylation is 2. The van der Waals surface area contributed by atoms with Crippen LogP contribution < -0.4 is 9.62 Å². The van der Waals surface area contributed by atoms with Crippen molar-refractivity contribution in [3.63, 3.8) is 0 Å². The summed E-state index contributed by atoms with van der Waals surface area (Å²) in [7, 11) is -3.58. The Morgan fingerprint density at radius 3 is 2.33 bits per heavy atom. The first-order chi connectivity index (χ1) is 13.8. The molecule has 1 amide bonds. The van der Waals surface area contributed by atoms with Crippen molar-refractivity contribution in [2.24, 2.45) is 0 Å². The number of carbonyl (C=O) groups excluding carboxylic acids is 1. The maximum absolute atomic E-state index is 12.8. The molecule has 1 N–H and O–H groups in total. The van der Waals surface area contributed by atoms with Crippen molar-refractivity contribution < 1.29 is 26.4 Å². The lowest BCUT2D eigenvalue weighted by molar-refractivity contribution is -0.137. The van der Waals surface area contributed by atoms with Crippen LogP contribution in [0.4, 0.5) is 24.5 Å². The molecule has 0 radical (unpaired) electrons. The highest BCUT2D eigenvalue weighted by molar-refractivity contribution is 7.92. The molecule has 0 aliphatic heterocycles. The lowest BCUT2D eigenvalue weighted by atomic mass is 10.1. The van der Waals surface area contributed by atoms with E-state index in [1.54, 1.807) is 12.1 Å². The highest BCUT2D eigenvalue weighted by atomic mass is 35.5. The van der Waals surface area contributed by atoms with Gasteiger partial charge in [0.2, 0.25) is 15.9 Å². The molecule has 0 fully saturated rings. The molecule has 0 bridgehead atoms. The van der Waals surface area contributed by atoms with Crippen molar-refractivity contribution >= 4 is 38.9 Å². The summed E-state index contributed by atoms with van der Waals surface area (Å²) in [5.41, 5.74) is 1.36. The largest absolute Gasteiger partial charge is 0.416 e. The molecule has 0 unspecified atom stereocenters. The third kappa shape index (κ3) is 6.37. The number of carbonyl (C=O) groups is 1. The molecular formula is C20H22ClF3N2O3S. The van der Waals surface area contributed by atoms with Gasteiger partial charge in [-0.25, -0.2) is 8.42 Å². The molecule has 2 rings (SSSR count).